The molecule has 0 aliphatic carbocycles. The molecule has 1 aromatic heterocycles. The predicted octanol–water partition coefficient (Wildman–Crippen LogP) is 3.22. The smallest absolute Gasteiger partial charge is 0.272 e. The number of hydrogen-bond acceptors (Lipinski definition) is 3. The van der Waals surface area contributed by atoms with Gasteiger partial charge >= 0.3 is 0 Å². The van der Waals surface area contributed by atoms with Gasteiger partial charge in [0, 0.05) is 38.4 Å². The van der Waals surface area contributed by atoms with Crippen LogP contribution in [0.2, 0.25) is 0 Å². The Morgan fingerprint density at radius 3 is 2.41 bits per heavy atom. The minimum Gasteiger partial charge on any atom is -0.336 e. The van der Waals surface area contributed by atoms with Crippen LogP contribution >= 0.6 is 0 Å². The molecule has 0 saturated carbocycles. The first-order valence-corrected chi connectivity index (χ1v) is 9.44. The maximum Gasteiger partial charge on any atom is 0.272 e. The Balaban J connectivity index is 1.44. The van der Waals surface area contributed by atoms with Gasteiger partial charge in [0.2, 0.25) is 0 Å². The first-order valence-electron chi connectivity index (χ1n) is 9.44. The van der Waals surface area contributed by atoms with Crippen LogP contribution in [0.25, 0.3) is 5.69 Å². The van der Waals surface area contributed by atoms with Crippen molar-refractivity contribution < 1.29 is 4.79 Å². The lowest BCUT2D eigenvalue weighted by molar-refractivity contribution is 0.0753. The zero-order valence-electron chi connectivity index (χ0n) is 15.4. The van der Waals surface area contributed by atoms with Crippen LogP contribution in [0.4, 0.5) is 0 Å². The third kappa shape index (κ3) is 4.09. The highest BCUT2D eigenvalue weighted by molar-refractivity contribution is 5.93. The highest BCUT2D eigenvalue weighted by atomic mass is 16.2. The first-order chi connectivity index (χ1) is 13.3. The second-order valence-electron chi connectivity index (χ2n) is 6.89. The molecule has 0 unspecified atom stereocenters. The molecule has 1 amide bonds. The molecule has 4 rings (SSSR count). The lowest BCUT2D eigenvalue weighted by Crippen LogP contribution is -2.36. The highest BCUT2D eigenvalue weighted by Crippen LogP contribution is 2.15. The maximum atomic E-state index is 13.1. The third-order valence-corrected chi connectivity index (χ3v) is 5.02. The lowest BCUT2D eigenvalue weighted by Gasteiger charge is -2.22. The molecule has 27 heavy (non-hydrogen) atoms. The number of hydrogen-bond donors (Lipinski definition) is 0. The number of carbonyl (C=O) groups is 1. The van der Waals surface area contributed by atoms with E-state index < -0.39 is 0 Å². The second kappa shape index (κ2) is 8.18. The summed E-state index contributed by atoms with van der Waals surface area (Å²) >= 11 is 0. The molecule has 2 aromatic carbocycles. The van der Waals surface area contributed by atoms with E-state index >= 15 is 0 Å². The molecular weight excluding hydrogens is 336 g/mol. The van der Waals surface area contributed by atoms with Gasteiger partial charge in [0.05, 0.1) is 12.5 Å². The van der Waals surface area contributed by atoms with Crippen molar-refractivity contribution in [2.24, 2.45) is 0 Å². The topological polar surface area (TPSA) is 41.4 Å². The van der Waals surface area contributed by atoms with Gasteiger partial charge in [0.1, 0.15) is 5.69 Å². The summed E-state index contributed by atoms with van der Waals surface area (Å²) < 4.78 is 1.87. The average Bonchev–Trinajstić information content (AvgIpc) is 3.10. The van der Waals surface area contributed by atoms with Gasteiger partial charge in [-0.05, 0) is 24.1 Å². The van der Waals surface area contributed by atoms with E-state index in [0.717, 1.165) is 44.8 Å². The van der Waals surface area contributed by atoms with Crippen LogP contribution in [0.15, 0.2) is 73.2 Å². The summed E-state index contributed by atoms with van der Waals surface area (Å²) in [6, 6.07) is 20.4. The zero-order chi connectivity index (χ0) is 18.5. The molecule has 1 saturated heterocycles. The van der Waals surface area contributed by atoms with Crippen molar-refractivity contribution in [2.45, 2.75) is 13.0 Å². The van der Waals surface area contributed by atoms with Crippen molar-refractivity contribution in [1.29, 1.82) is 0 Å². The fourth-order valence-corrected chi connectivity index (χ4v) is 3.58. The fraction of sp³-hybridized carbons (Fsp3) is 0.273. The van der Waals surface area contributed by atoms with E-state index in [4.69, 9.17) is 0 Å². The lowest BCUT2D eigenvalue weighted by atomic mass is 10.2. The quantitative estimate of drug-likeness (QED) is 0.717. The Morgan fingerprint density at radius 1 is 0.889 bits per heavy atom. The predicted molar refractivity (Wildman–Crippen MR) is 106 cm³/mol. The summed E-state index contributed by atoms with van der Waals surface area (Å²) in [5.41, 5.74) is 2.90. The van der Waals surface area contributed by atoms with Gasteiger partial charge in [-0.2, -0.15) is 0 Å². The van der Waals surface area contributed by atoms with E-state index in [1.807, 2.05) is 45.9 Å². The summed E-state index contributed by atoms with van der Waals surface area (Å²) in [5, 5.41) is 0. The summed E-state index contributed by atoms with van der Waals surface area (Å²) in [4.78, 5) is 21.7. The Hall–Kier alpha value is -2.92. The summed E-state index contributed by atoms with van der Waals surface area (Å²) in [6.45, 7) is 4.36. The van der Waals surface area contributed by atoms with Crippen LogP contribution < -0.4 is 0 Å². The van der Waals surface area contributed by atoms with Gasteiger partial charge in [-0.15, -0.1) is 0 Å². The molecule has 1 aliphatic rings. The number of amides is 1. The van der Waals surface area contributed by atoms with Gasteiger partial charge < -0.3 is 4.90 Å². The monoisotopic (exact) mass is 360 g/mol. The van der Waals surface area contributed by atoms with Crippen LogP contribution in [0.3, 0.4) is 0 Å². The number of para-hydroxylation sites is 1. The van der Waals surface area contributed by atoms with Crippen LogP contribution in [-0.2, 0) is 6.54 Å². The molecule has 138 valence electrons. The molecule has 5 heteroatoms. The minimum absolute atomic E-state index is 0.0536. The van der Waals surface area contributed by atoms with Crippen molar-refractivity contribution in [3.63, 3.8) is 0 Å². The number of nitrogens with zero attached hydrogens (tertiary/aromatic N) is 4. The number of aromatic nitrogens is 2. The maximum absolute atomic E-state index is 13.1. The zero-order valence-corrected chi connectivity index (χ0v) is 15.4. The molecule has 2 heterocycles. The van der Waals surface area contributed by atoms with Crippen LogP contribution in [0, 0.1) is 0 Å². The third-order valence-electron chi connectivity index (χ3n) is 5.02. The van der Waals surface area contributed by atoms with Crippen molar-refractivity contribution in [3.8, 4) is 5.69 Å². The first kappa shape index (κ1) is 17.5. The standard InChI is InChI=1S/C22H24N4O/c27-22(21-16-23-18-26(21)20-10-5-2-6-11-20)25-13-7-12-24(14-15-25)17-19-8-3-1-4-9-19/h1-6,8-11,16,18H,7,12-15,17H2. The van der Waals surface area contributed by atoms with E-state index in [2.05, 4.69) is 34.1 Å². The van der Waals surface area contributed by atoms with Crippen LogP contribution in [0.5, 0.6) is 0 Å². The summed E-state index contributed by atoms with van der Waals surface area (Å²) in [5.74, 6) is 0.0536. The Morgan fingerprint density at radius 2 is 1.63 bits per heavy atom. The molecule has 5 nitrogen and oxygen atoms in total. The van der Waals surface area contributed by atoms with E-state index in [1.54, 1.807) is 12.5 Å². The molecule has 0 radical (unpaired) electrons. The van der Waals surface area contributed by atoms with E-state index in [0.29, 0.717) is 5.69 Å². The summed E-state index contributed by atoms with van der Waals surface area (Å²) in [7, 11) is 0. The Kier molecular flexibility index (Phi) is 5.30. The molecule has 1 aliphatic heterocycles. The van der Waals surface area contributed by atoms with E-state index in [1.165, 1.54) is 5.56 Å². The number of imidazole rings is 1. The molecule has 0 atom stereocenters. The van der Waals surface area contributed by atoms with Gasteiger partial charge in [-0.25, -0.2) is 4.98 Å². The van der Waals surface area contributed by atoms with E-state index in [-0.39, 0.29) is 5.91 Å². The fourth-order valence-electron chi connectivity index (χ4n) is 3.58. The second-order valence-corrected chi connectivity index (χ2v) is 6.89. The van der Waals surface area contributed by atoms with Crippen molar-refractivity contribution in [1.82, 2.24) is 19.4 Å². The Bertz CT molecular complexity index is 876. The minimum atomic E-state index is 0.0536. The summed E-state index contributed by atoms with van der Waals surface area (Å²) in [6.07, 6.45) is 4.36. The molecule has 1 fully saturated rings. The van der Waals surface area contributed by atoms with Gasteiger partial charge in [0.25, 0.3) is 5.91 Å². The molecule has 3 aromatic rings. The van der Waals surface area contributed by atoms with E-state index in [9.17, 15) is 4.79 Å². The van der Waals surface area contributed by atoms with Crippen molar-refractivity contribution >= 4 is 5.91 Å². The van der Waals surface area contributed by atoms with Crippen LogP contribution in [-0.4, -0.2) is 51.4 Å². The number of carbonyl (C=O) groups excluding carboxylic acids is 1. The Labute approximate surface area is 159 Å². The average molecular weight is 360 g/mol. The van der Waals surface area contributed by atoms with Crippen molar-refractivity contribution in [2.75, 3.05) is 26.2 Å². The van der Waals surface area contributed by atoms with Gasteiger partial charge in [-0.1, -0.05) is 48.5 Å². The van der Waals surface area contributed by atoms with Crippen LogP contribution in [0.1, 0.15) is 22.5 Å². The molecule has 0 N–H and O–H groups in total. The largest absolute Gasteiger partial charge is 0.336 e. The van der Waals surface area contributed by atoms with Gasteiger partial charge in [0.15, 0.2) is 0 Å². The number of benzene rings is 2. The normalized spacial score (nSPS) is 15.5. The van der Waals surface area contributed by atoms with Gasteiger partial charge in [-0.3, -0.25) is 14.3 Å². The SMILES string of the molecule is O=C(c1cncn1-c1ccccc1)N1CCCN(Cc2ccccc2)CC1. The van der Waals surface area contributed by atoms with Crippen molar-refractivity contribution in [3.05, 3.63) is 84.4 Å². The molecular formula is C22H24N4O. The highest BCUT2D eigenvalue weighted by Gasteiger charge is 2.23. The molecule has 0 bridgehead atoms. The molecule has 0 spiro atoms. The number of rotatable bonds is 4.